The van der Waals surface area contributed by atoms with Crippen molar-refractivity contribution < 1.29 is 5.21 Å². The highest BCUT2D eigenvalue weighted by Crippen LogP contribution is 1.96. The van der Waals surface area contributed by atoms with Crippen molar-refractivity contribution in [2.75, 3.05) is 13.1 Å². The number of nitrogens with zero attached hydrogens (tertiary/aromatic N) is 2. The molecular formula is C5H10N3O. The highest BCUT2D eigenvalue weighted by molar-refractivity contribution is 5.89. The number of nitrogens with two attached hydrogens (primary N) is 1. The van der Waals surface area contributed by atoms with Crippen molar-refractivity contribution in [2.45, 2.75) is 12.5 Å². The van der Waals surface area contributed by atoms with Gasteiger partial charge in [-0.1, -0.05) is 5.16 Å². The lowest BCUT2D eigenvalue weighted by molar-refractivity contribution is 0.313. The van der Waals surface area contributed by atoms with Crippen molar-refractivity contribution in [3.05, 3.63) is 0 Å². The summed E-state index contributed by atoms with van der Waals surface area (Å²) in [7, 11) is 0. The van der Waals surface area contributed by atoms with E-state index in [4.69, 9.17) is 10.9 Å². The van der Waals surface area contributed by atoms with Crippen molar-refractivity contribution in [1.82, 2.24) is 5.32 Å². The second kappa shape index (κ2) is 2.80. The number of hydrogen-bond donors (Lipinski definition) is 2. The summed E-state index contributed by atoms with van der Waals surface area (Å²) >= 11 is 0. The zero-order valence-electron chi connectivity index (χ0n) is 5.12. The number of piperidine rings is 1. The summed E-state index contributed by atoms with van der Waals surface area (Å²) in [6.45, 7) is 1.34. The molecule has 1 fully saturated rings. The summed E-state index contributed by atoms with van der Waals surface area (Å²) in [6.07, 6.45) is 0.706. The second-order valence-corrected chi connectivity index (χ2v) is 2.08. The van der Waals surface area contributed by atoms with Gasteiger partial charge in [-0.05, 0) is 0 Å². The van der Waals surface area contributed by atoms with Crippen LogP contribution in [0.1, 0.15) is 6.42 Å². The molecule has 0 spiro atoms. The third-order valence-corrected chi connectivity index (χ3v) is 1.41. The van der Waals surface area contributed by atoms with Gasteiger partial charge >= 0.3 is 0 Å². The molecule has 0 aromatic heterocycles. The molecular weight excluding hydrogens is 118 g/mol. The summed E-state index contributed by atoms with van der Waals surface area (Å²) in [5.74, 6) is 0. The summed E-state index contributed by atoms with van der Waals surface area (Å²) in [5, 5.41) is 15.4. The summed E-state index contributed by atoms with van der Waals surface area (Å²) in [5.41, 5.74) is 6.18. The Bertz CT molecular complexity index is 123. The zero-order chi connectivity index (χ0) is 6.69. The predicted molar refractivity (Wildman–Crippen MR) is 33.7 cm³/mol. The molecule has 4 nitrogen and oxygen atoms in total. The molecule has 1 heterocycles. The molecule has 3 N–H and O–H groups in total. The lowest BCUT2D eigenvalue weighted by Gasteiger charge is -2.17. The van der Waals surface area contributed by atoms with Gasteiger partial charge in [0, 0.05) is 19.5 Å². The third-order valence-electron chi connectivity index (χ3n) is 1.41. The van der Waals surface area contributed by atoms with Crippen LogP contribution in [0.15, 0.2) is 5.16 Å². The van der Waals surface area contributed by atoms with E-state index in [1.807, 2.05) is 0 Å². The van der Waals surface area contributed by atoms with Crippen LogP contribution in [-0.2, 0) is 0 Å². The minimum atomic E-state index is -0.149. The van der Waals surface area contributed by atoms with Gasteiger partial charge < -0.3 is 10.9 Å². The van der Waals surface area contributed by atoms with Crippen LogP contribution in [0.2, 0.25) is 0 Å². The van der Waals surface area contributed by atoms with E-state index in [0.29, 0.717) is 18.7 Å². The topological polar surface area (TPSA) is 72.7 Å². The number of oxime groups is 1. The Morgan fingerprint density at radius 2 is 2.56 bits per heavy atom. The van der Waals surface area contributed by atoms with Crippen molar-refractivity contribution >= 4 is 5.71 Å². The minimum Gasteiger partial charge on any atom is -0.411 e. The molecule has 1 aliphatic rings. The van der Waals surface area contributed by atoms with Crippen LogP contribution in [0.4, 0.5) is 0 Å². The quantitative estimate of drug-likeness (QED) is 0.329. The first kappa shape index (κ1) is 6.51. The zero-order valence-corrected chi connectivity index (χ0v) is 5.12. The van der Waals surface area contributed by atoms with E-state index in [2.05, 4.69) is 10.5 Å². The SMILES string of the molecule is NC1C[N]CCC1=NO. The van der Waals surface area contributed by atoms with Crippen molar-refractivity contribution in [3.8, 4) is 0 Å². The van der Waals surface area contributed by atoms with E-state index in [0.717, 1.165) is 6.54 Å². The largest absolute Gasteiger partial charge is 0.411 e. The van der Waals surface area contributed by atoms with Gasteiger partial charge in [-0.2, -0.15) is 0 Å². The van der Waals surface area contributed by atoms with Crippen LogP contribution in [0.5, 0.6) is 0 Å². The van der Waals surface area contributed by atoms with E-state index in [1.165, 1.54) is 0 Å². The molecule has 0 saturated carbocycles. The van der Waals surface area contributed by atoms with Gasteiger partial charge in [0.25, 0.3) is 0 Å². The Labute approximate surface area is 53.7 Å². The van der Waals surface area contributed by atoms with Gasteiger partial charge in [0.1, 0.15) is 0 Å². The Balaban J connectivity index is 2.49. The molecule has 1 rings (SSSR count). The maximum atomic E-state index is 8.33. The fourth-order valence-electron chi connectivity index (χ4n) is 0.839. The monoisotopic (exact) mass is 128 g/mol. The Hall–Kier alpha value is -0.610. The molecule has 4 heteroatoms. The normalized spacial score (nSPS) is 33.0. The molecule has 51 valence electrons. The van der Waals surface area contributed by atoms with Gasteiger partial charge in [0.2, 0.25) is 0 Å². The highest BCUT2D eigenvalue weighted by Gasteiger charge is 2.16. The van der Waals surface area contributed by atoms with Gasteiger partial charge in [0.05, 0.1) is 11.8 Å². The van der Waals surface area contributed by atoms with E-state index >= 15 is 0 Å². The summed E-state index contributed by atoms with van der Waals surface area (Å²) in [4.78, 5) is 0. The Morgan fingerprint density at radius 1 is 1.78 bits per heavy atom. The maximum absolute atomic E-state index is 8.33. The van der Waals surface area contributed by atoms with Crippen LogP contribution in [-0.4, -0.2) is 30.1 Å². The fraction of sp³-hybridized carbons (Fsp3) is 0.800. The molecule has 0 bridgehead atoms. The predicted octanol–water partition coefficient (Wildman–Crippen LogP) is -0.848. The van der Waals surface area contributed by atoms with Crippen molar-refractivity contribution in [3.63, 3.8) is 0 Å². The molecule has 1 atom stereocenters. The first-order chi connectivity index (χ1) is 4.34. The minimum absolute atomic E-state index is 0.149. The smallest absolute Gasteiger partial charge is 0.0764 e. The first-order valence-electron chi connectivity index (χ1n) is 2.94. The summed E-state index contributed by atoms with van der Waals surface area (Å²) < 4.78 is 0. The van der Waals surface area contributed by atoms with Crippen LogP contribution in [0.3, 0.4) is 0 Å². The Morgan fingerprint density at radius 3 is 3.00 bits per heavy atom. The second-order valence-electron chi connectivity index (χ2n) is 2.08. The van der Waals surface area contributed by atoms with Crippen LogP contribution >= 0.6 is 0 Å². The molecule has 1 unspecified atom stereocenters. The van der Waals surface area contributed by atoms with E-state index in [-0.39, 0.29) is 6.04 Å². The number of hydrogen-bond acceptors (Lipinski definition) is 3. The number of rotatable bonds is 0. The van der Waals surface area contributed by atoms with Gasteiger partial charge in [-0.25, -0.2) is 5.32 Å². The highest BCUT2D eigenvalue weighted by atomic mass is 16.4. The molecule has 1 saturated heterocycles. The van der Waals surface area contributed by atoms with Crippen molar-refractivity contribution in [1.29, 1.82) is 0 Å². The lowest BCUT2D eigenvalue weighted by Crippen LogP contribution is -2.43. The molecule has 9 heavy (non-hydrogen) atoms. The van der Waals surface area contributed by atoms with E-state index in [1.54, 1.807) is 0 Å². The first-order valence-corrected chi connectivity index (χ1v) is 2.94. The van der Waals surface area contributed by atoms with E-state index in [9.17, 15) is 0 Å². The molecule has 0 aromatic carbocycles. The van der Waals surface area contributed by atoms with Gasteiger partial charge in [-0.3, -0.25) is 0 Å². The molecule has 1 aliphatic heterocycles. The summed E-state index contributed by atoms with van der Waals surface area (Å²) in [6, 6.07) is -0.149. The van der Waals surface area contributed by atoms with E-state index < -0.39 is 0 Å². The molecule has 0 amide bonds. The van der Waals surface area contributed by atoms with Gasteiger partial charge in [0.15, 0.2) is 0 Å². The van der Waals surface area contributed by atoms with Crippen LogP contribution in [0.25, 0.3) is 0 Å². The average Bonchev–Trinajstić information content (AvgIpc) is 1.89. The van der Waals surface area contributed by atoms with Crippen LogP contribution in [0, 0.1) is 0 Å². The standard InChI is InChI=1S/C5H10N3O/c6-4-3-7-2-1-5(4)8-9/h4,9H,1-3,6H2. The maximum Gasteiger partial charge on any atom is 0.0764 e. The lowest BCUT2D eigenvalue weighted by atomic mass is 10.1. The third kappa shape index (κ3) is 1.40. The van der Waals surface area contributed by atoms with Crippen LogP contribution < -0.4 is 11.1 Å². The van der Waals surface area contributed by atoms with Crippen molar-refractivity contribution in [2.24, 2.45) is 10.9 Å². The Kier molecular flexibility index (Phi) is 2.02. The average molecular weight is 128 g/mol. The molecule has 0 aromatic rings. The van der Waals surface area contributed by atoms with Gasteiger partial charge in [-0.15, -0.1) is 0 Å². The fourth-order valence-corrected chi connectivity index (χ4v) is 0.839. The molecule has 1 radical (unpaired) electrons. The molecule has 0 aliphatic carbocycles.